The topological polar surface area (TPSA) is 39.5 Å². The van der Waals surface area contributed by atoms with Crippen LogP contribution in [0.4, 0.5) is 17.6 Å². The molecule has 0 radical (unpaired) electrons. The lowest BCUT2D eigenvalue weighted by molar-refractivity contribution is -0.0505. The zero-order chi connectivity index (χ0) is 28.5. The third-order valence-corrected chi connectivity index (χ3v) is 6.91. The standard InChI is InChI=1S/C30H30BrF4N3O2/c1-2-3-17-38-26(27(31)36-28(38)23-7-5-4-6-8-23)20-37(18-21-9-13-24(14-10-21)39-29(32)33)19-22-11-15-25(16-12-22)40-30(34)35/h4-16,29-30H,2-3,17-20H2,1H3. The zero-order valence-electron chi connectivity index (χ0n) is 22.0. The van der Waals surface area contributed by atoms with Gasteiger partial charge in [-0.2, -0.15) is 17.6 Å². The molecule has 4 aromatic rings. The van der Waals surface area contributed by atoms with Gasteiger partial charge in [-0.05, 0) is 57.7 Å². The normalized spacial score (nSPS) is 11.5. The molecule has 40 heavy (non-hydrogen) atoms. The fraction of sp³-hybridized carbons (Fsp3) is 0.300. The van der Waals surface area contributed by atoms with Crippen molar-refractivity contribution in [1.82, 2.24) is 14.5 Å². The summed E-state index contributed by atoms with van der Waals surface area (Å²) in [5.74, 6) is 1.05. The molecule has 212 valence electrons. The number of alkyl halides is 4. The van der Waals surface area contributed by atoms with Gasteiger partial charge in [0.25, 0.3) is 0 Å². The molecule has 1 aromatic heterocycles. The van der Waals surface area contributed by atoms with Crippen LogP contribution in [0.3, 0.4) is 0 Å². The Hall–Kier alpha value is -3.37. The van der Waals surface area contributed by atoms with E-state index in [1.165, 1.54) is 24.3 Å². The third-order valence-electron chi connectivity index (χ3n) is 6.27. The van der Waals surface area contributed by atoms with Crippen molar-refractivity contribution < 1.29 is 27.0 Å². The van der Waals surface area contributed by atoms with Crippen molar-refractivity contribution in [2.75, 3.05) is 0 Å². The number of ether oxygens (including phenoxy) is 2. The Morgan fingerprint density at radius 1 is 0.775 bits per heavy atom. The number of aromatic nitrogens is 2. The maximum atomic E-state index is 12.6. The summed E-state index contributed by atoms with van der Waals surface area (Å²) < 4.78 is 62.4. The molecule has 4 rings (SSSR count). The molecule has 0 aliphatic carbocycles. The first-order valence-corrected chi connectivity index (χ1v) is 13.7. The molecular formula is C30H30BrF4N3O2. The van der Waals surface area contributed by atoms with Crippen LogP contribution in [0.25, 0.3) is 11.4 Å². The predicted molar refractivity (Wildman–Crippen MR) is 149 cm³/mol. The second-order valence-electron chi connectivity index (χ2n) is 9.23. The van der Waals surface area contributed by atoms with Crippen molar-refractivity contribution in [3.63, 3.8) is 0 Å². The number of hydrogen-bond acceptors (Lipinski definition) is 4. The van der Waals surface area contributed by atoms with E-state index in [0.717, 1.165) is 52.2 Å². The quantitative estimate of drug-likeness (QED) is 0.133. The second-order valence-corrected chi connectivity index (χ2v) is 9.99. The van der Waals surface area contributed by atoms with Gasteiger partial charge in [0.2, 0.25) is 0 Å². The van der Waals surface area contributed by atoms with Gasteiger partial charge in [-0.25, -0.2) is 4.98 Å². The number of benzene rings is 3. The van der Waals surface area contributed by atoms with E-state index in [1.54, 1.807) is 24.3 Å². The SMILES string of the molecule is CCCCn1c(-c2ccccc2)nc(Br)c1CN(Cc1ccc(OC(F)F)cc1)Cc1ccc(OC(F)F)cc1. The highest BCUT2D eigenvalue weighted by molar-refractivity contribution is 9.10. The van der Waals surface area contributed by atoms with E-state index in [-0.39, 0.29) is 11.5 Å². The largest absolute Gasteiger partial charge is 0.435 e. The first kappa shape index (κ1) is 29.6. The Labute approximate surface area is 239 Å². The van der Waals surface area contributed by atoms with Gasteiger partial charge in [-0.3, -0.25) is 4.90 Å². The highest BCUT2D eigenvalue weighted by Gasteiger charge is 2.20. The van der Waals surface area contributed by atoms with Gasteiger partial charge in [0.1, 0.15) is 21.9 Å². The van der Waals surface area contributed by atoms with Gasteiger partial charge >= 0.3 is 13.2 Å². The molecule has 0 spiro atoms. The van der Waals surface area contributed by atoms with Crippen LogP contribution in [-0.2, 0) is 26.2 Å². The third kappa shape index (κ3) is 8.32. The van der Waals surface area contributed by atoms with Crippen molar-refractivity contribution in [2.24, 2.45) is 0 Å². The first-order valence-electron chi connectivity index (χ1n) is 12.9. The minimum absolute atomic E-state index is 0.0906. The zero-order valence-corrected chi connectivity index (χ0v) is 23.5. The van der Waals surface area contributed by atoms with Crippen LogP contribution in [0.15, 0.2) is 83.5 Å². The fourth-order valence-corrected chi connectivity index (χ4v) is 4.93. The van der Waals surface area contributed by atoms with E-state index in [9.17, 15) is 17.6 Å². The number of hydrogen-bond donors (Lipinski definition) is 0. The van der Waals surface area contributed by atoms with E-state index in [1.807, 2.05) is 30.3 Å². The monoisotopic (exact) mass is 619 g/mol. The molecule has 0 amide bonds. The van der Waals surface area contributed by atoms with Gasteiger partial charge in [-0.15, -0.1) is 0 Å². The lowest BCUT2D eigenvalue weighted by Crippen LogP contribution is -2.24. The molecule has 0 saturated heterocycles. The summed E-state index contributed by atoms with van der Waals surface area (Å²) in [7, 11) is 0. The molecule has 10 heteroatoms. The minimum Gasteiger partial charge on any atom is -0.435 e. The second kappa shape index (κ2) is 14.3. The molecule has 0 aliphatic rings. The van der Waals surface area contributed by atoms with Crippen LogP contribution in [-0.4, -0.2) is 27.7 Å². The van der Waals surface area contributed by atoms with E-state index in [0.29, 0.717) is 19.6 Å². The summed E-state index contributed by atoms with van der Waals surface area (Å²) in [5.41, 5.74) is 3.82. The molecule has 1 heterocycles. The van der Waals surface area contributed by atoms with Crippen molar-refractivity contribution in [1.29, 1.82) is 0 Å². The average Bonchev–Trinajstić information content (AvgIpc) is 3.24. The Morgan fingerprint density at radius 3 is 1.77 bits per heavy atom. The van der Waals surface area contributed by atoms with Crippen molar-refractivity contribution in [3.05, 3.63) is 100 Å². The Balaban J connectivity index is 1.64. The summed E-state index contributed by atoms with van der Waals surface area (Å²) in [5, 5.41) is 0. The van der Waals surface area contributed by atoms with E-state index in [2.05, 4.69) is 41.8 Å². The van der Waals surface area contributed by atoms with E-state index in [4.69, 9.17) is 4.98 Å². The Morgan fingerprint density at radius 2 is 1.30 bits per heavy atom. The smallest absolute Gasteiger partial charge is 0.387 e. The summed E-state index contributed by atoms with van der Waals surface area (Å²) in [6, 6.07) is 23.1. The maximum absolute atomic E-state index is 12.6. The average molecular weight is 620 g/mol. The number of imidazole rings is 1. The molecule has 0 saturated carbocycles. The highest BCUT2D eigenvalue weighted by atomic mass is 79.9. The molecule has 0 unspecified atom stereocenters. The van der Waals surface area contributed by atoms with Crippen LogP contribution >= 0.6 is 15.9 Å². The summed E-state index contributed by atoms with van der Waals surface area (Å²) in [6.07, 6.45) is 2.00. The molecule has 0 aliphatic heterocycles. The summed E-state index contributed by atoms with van der Waals surface area (Å²) in [4.78, 5) is 7.04. The summed E-state index contributed by atoms with van der Waals surface area (Å²) >= 11 is 3.69. The number of rotatable bonds is 14. The summed E-state index contributed by atoms with van der Waals surface area (Å²) in [6.45, 7) is -1.33. The van der Waals surface area contributed by atoms with Crippen molar-refractivity contribution in [3.8, 4) is 22.9 Å². The maximum Gasteiger partial charge on any atom is 0.387 e. The highest BCUT2D eigenvalue weighted by Crippen LogP contribution is 2.29. The van der Waals surface area contributed by atoms with E-state index >= 15 is 0 Å². The Bertz CT molecular complexity index is 1280. The van der Waals surface area contributed by atoms with Crippen LogP contribution in [0.1, 0.15) is 36.6 Å². The van der Waals surface area contributed by atoms with Gasteiger partial charge in [0, 0.05) is 31.7 Å². The van der Waals surface area contributed by atoms with Gasteiger partial charge in [-0.1, -0.05) is 67.9 Å². The molecule has 0 fully saturated rings. The van der Waals surface area contributed by atoms with Crippen LogP contribution in [0.5, 0.6) is 11.5 Å². The first-order chi connectivity index (χ1) is 19.3. The number of nitrogens with zero attached hydrogens (tertiary/aromatic N) is 3. The molecule has 5 nitrogen and oxygen atoms in total. The molecular weight excluding hydrogens is 590 g/mol. The minimum atomic E-state index is -2.89. The molecule has 0 atom stereocenters. The lowest BCUT2D eigenvalue weighted by Gasteiger charge is -2.24. The number of halogens is 5. The Kier molecular flexibility index (Phi) is 10.6. The van der Waals surface area contributed by atoms with Gasteiger partial charge in [0.15, 0.2) is 0 Å². The van der Waals surface area contributed by atoms with Crippen molar-refractivity contribution in [2.45, 2.75) is 59.2 Å². The van der Waals surface area contributed by atoms with E-state index < -0.39 is 13.2 Å². The molecule has 0 N–H and O–H groups in total. The van der Waals surface area contributed by atoms with Crippen molar-refractivity contribution >= 4 is 15.9 Å². The molecule has 3 aromatic carbocycles. The van der Waals surface area contributed by atoms with Crippen LogP contribution in [0.2, 0.25) is 0 Å². The van der Waals surface area contributed by atoms with Gasteiger partial charge in [0.05, 0.1) is 5.69 Å². The number of unbranched alkanes of at least 4 members (excludes halogenated alkanes) is 1. The molecule has 0 bridgehead atoms. The van der Waals surface area contributed by atoms with Crippen LogP contribution in [0, 0.1) is 0 Å². The van der Waals surface area contributed by atoms with Crippen LogP contribution < -0.4 is 9.47 Å². The predicted octanol–water partition coefficient (Wildman–Crippen LogP) is 8.52. The fourth-order valence-electron chi connectivity index (χ4n) is 4.42. The lowest BCUT2D eigenvalue weighted by atomic mass is 10.1. The van der Waals surface area contributed by atoms with Gasteiger partial charge < -0.3 is 14.0 Å².